The molecule has 2 aromatic rings. The van der Waals surface area contributed by atoms with E-state index in [2.05, 4.69) is 27.3 Å². The maximum absolute atomic E-state index is 12.8. The van der Waals surface area contributed by atoms with Gasteiger partial charge in [0.1, 0.15) is 12.6 Å². The molecule has 2 aromatic carbocycles. The van der Waals surface area contributed by atoms with Crippen LogP contribution in [0.1, 0.15) is 25.0 Å². The van der Waals surface area contributed by atoms with E-state index in [1.54, 1.807) is 30.3 Å². The van der Waals surface area contributed by atoms with Gasteiger partial charge in [-0.05, 0) is 77.5 Å². The summed E-state index contributed by atoms with van der Waals surface area (Å²) in [4.78, 5) is 48.5. The molecule has 0 saturated carbocycles. The molecular formula is C23H21IN2O8S. The third kappa shape index (κ3) is 6.11. The Morgan fingerprint density at radius 3 is 2.66 bits per heavy atom. The van der Waals surface area contributed by atoms with Gasteiger partial charge in [0.25, 0.3) is 16.8 Å². The number of non-ortho nitro benzene ring substituents is 1. The Morgan fingerprint density at radius 2 is 2.00 bits per heavy atom. The van der Waals surface area contributed by atoms with Crippen LogP contribution in [0.4, 0.5) is 10.5 Å². The highest BCUT2D eigenvalue weighted by atomic mass is 127. The highest BCUT2D eigenvalue weighted by molar-refractivity contribution is 14.1. The number of nitrogens with zero attached hydrogens (tertiary/aromatic N) is 2. The molecule has 0 bridgehead atoms. The van der Waals surface area contributed by atoms with Gasteiger partial charge in [0.2, 0.25) is 0 Å². The lowest BCUT2D eigenvalue weighted by Crippen LogP contribution is -2.42. The first-order valence-electron chi connectivity index (χ1n) is 10.3. The zero-order valence-corrected chi connectivity index (χ0v) is 22.0. The second kappa shape index (κ2) is 11.5. The van der Waals surface area contributed by atoms with Crippen LogP contribution in [0.5, 0.6) is 11.5 Å². The molecule has 0 N–H and O–H groups in total. The predicted octanol–water partition coefficient (Wildman–Crippen LogP) is 4.77. The minimum atomic E-state index is -1.04. The van der Waals surface area contributed by atoms with E-state index in [-0.39, 0.29) is 17.2 Å². The molecule has 0 aromatic heterocycles. The molecule has 1 fully saturated rings. The van der Waals surface area contributed by atoms with Gasteiger partial charge in [-0.15, -0.1) is 0 Å². The number of carbonyl (C=O) groups is 3. The van der Waals surface area contributed by atoms with Crippen molar-refractivity contribution in [3.63, 3.8) is 0 Å². The number of benzene rings is 2. The quantitative estimate of drug-likeness (QED) is 0.129. The van der Waals surface area contributed by atoms with Gasteiger partial charge in [-0.1, -0.05) is 12.1 Å². The van der Waals surface area contributed by atoms with E-state index in [4.69, 9.17) is 9.47 Å². The van der Waals surface area contributed by atoms with Crippen LogP contribution in [0.25, 0.3) is 6.08 Å². The Labute approximate surface area is 218 Å². The number of thioether (sulfide) groups is 1. The van der Waals surface area contributed by atoms with Gasteiger partial charge in [-0.2, -0.15) is 0 Å². The van der Waals surface area contributed by atoms with Crippen molar-refractivity contribution in [2.45, 2.75) is 26.5 Å². The zero-order valence-electron chi connectivity index (χ0n) is 19.0. The first kappa shape index (κ1) is 26.5. The molecule has 1 atom stereocenters. The van der Waals surface area contributed by atoms with Gasteiger partial charge < -0.3 is 14.2 Å². The smallest absolute Gasteiger partial charge is 0.328 e. The summed E-state index contributed by atoms with van der Waals surface area (Å²) < 4.78 is 17.0. The Kier molecular flexibility index (Phi) is 8.72. The maximum atomic E-state index is 12.8. The molecule has 2 amide bonds. The van der Waals surface area contributed by atoms with Crippen molar-refractivity contribution in [3.8, 4) is 11.5 Å². The summed E-state index contributed by atoms with van der Waals surface area (Å²) in [6.07, 6.45) is 1.55. The van der Waals surface area contributed by atoms with Crippen LogP contribution >= 0.6 is 34.4 Å². The number of imide groups is 1. The largest absolute Gasteiger partial charge is 0.490 e. The van der Waals surface area contributed by atoms with Crippen molar-refractivity contribution in [1.29, 1.82) is 0 Å². The summed E-state index contributed by atoms with van der Waals surface area (Å²) in [5.41, 5.74) is 1.18. The number of carbonyl (C=O) groups excluding carboxylic acids is 3. The molecule has 1 aliphatic rings. The number of ether oxygens (including phenoxy) is 3. The van der Waals surface area contributed by atoms with Crippen LogP contribution < -0.4 is 9.47 Å². The predicted molar refractivity (Wildman–Crippen MR) is 137 cm³/mol. The van der Waals surface area contributed by atoms with Gasteiger partial charge in [-0.25, -0.2) is 4.79 Å². The molecule has 0 radical (unpaired) electrons. The maximum Gasteiger partial charge on any atom is 0.328 e. The fourth-order valence-electron chi connectivity index (χ4n) is 3.23. The first-order chi connectivity index (χ1) is 16.7. The van der Waals surface area contributed by atoms with Crippen LogP contribution in [0, 0.1) is 13.7 Å². The van der Waals surface area contributed by atoms with Crippen molar-refractivity contribution in [3.05, 3.63) is 66.1 Å². The molecule has 0 spiro atoms. The summed E-state index contributed by atoms with van der Waals surface area (Å²) in [7, 11) is 1.19. The number of amides is 2. The third-order valence-corrected chi connectivity index (χ3v) is 6.57. The number of halogens is 1. The molecule has 184 valence electrons. The number of esters is 1. The van der Waals surface area contributed by atoms with Crippen molar-refractivity contribution in [2.24, 2.45) is 0 Å². The molecule has 12 heteroatoms. The molecule has 0 aliphatic carbocycles. The Hall–Kier alpha value is -3.13. The summed E-state index contributed by atoms with van der Waals surface area (Å²) >= 11 is 2.80. The van der Waals surface area contributed by atoms with E-state index in [0.717, 1.165) is 16.7 Å². The topological polar surface area (TPSA) is 125 Å². The minimum Gasteiger partial charge on any atom is -0.490 e. The van der Waals surface area contributed by atoms with Crippen LogP contribution in [0.3, 0.4) is 0 Å². The SMILES string of the molecule is CCOc1cc(/C=C2/SC(=O)N([C@H](C)C(=O)OC)C2=O)cc(I)c1OCc1cccc([N+](=O)[O-])c1. The first-order valence-corrected chi connectivity index (χ1v) is 12.2. The average molecular weight is 612 g/mol. The molecule has 35 heavy (non-hydrogen) atoms. The lowest BCUT2D eigenvalue weighted by molar-refractivity contribution is -0.384. The number of rotatable bonds is 9. The van der Waals surface area contributed by atoms with Gasteiger partial charge in [-0.3, -0.25) is 24.6 Å². The lowest BCUT2D eigenvalue weighted by Gasteiger charge is -2.18. The van der Waals surface area contributed by atoms with Crippen molar-refractivity contribution in [2.75, 3.05) is 13.7 Å². The van der Waals surface area contributed by atoms with Crippen LogP contribution in [0.15, 0.2) is 41.3 Å². The van der Waals surface area contributed by atoms with Crippen LogP contribution in [0.2, 0.25) is 0 Å². The van der Waals surface area contributed by atoms with Crippen LogP contribution in [-0.2, 0) is 20.9 Å². The van der Waals surface area contributed by atoms with Crippen molar-refractivity contribution >= 4 is 63.2 Å². The molecule has 1 aliphatic heterocycles. The minimum absolute atomic E-state index is 0.0309. The number of hydrogen-bond acceptors (Lipinski definition) is 9. The highest BCUT2D eigenvalue weighted by Gasteiger charge is 2.41. The molecule has 1 heterocycles. The van der Waals surface area contributed by atoms with Crippen molar-refractivity contribution < 1.29 is 33.5 Å². The third-order valence-electron chi connectivity index (χ3n) is 4.89. The summed E-state index contributed by atoms with van der Waals surface area (Å²) in [6, 6.07) is 8.54. The van der Waals surface area contributed by atoms with E-state index < -0.39 is 28.1 Å². The number of methoxy groups -OCH3 is 1. The van der Waals surface area contributed by atoms with Gasteiger partial charge in [0, 0.05) is 12.1 Å². The summed E-state index contributed by atoms with van der Waals surface area (Å²) in [5.74, 6) is -0.411. The zero-order chi connectivity index (χ0) is 25.7. The highest BCUT2D eigenvalue weighted by Crippen LogP contribution is 2.38. The van der Waals surface area contributed by atoms with E-state index >= 15 is 0 Å². The Morgan fingerprint density at radius 1 is 1.26 bits per heavy atom. The summed E-state index contributed by atoms with van der Waals surface area (Å²) in [5, 5.41) is 10.5. The molecule has 1 saturated heterocycles. The second-order valence-electron chi connectivity index (χ2n) is 7.23. The number of hydrogen-bond donors (Lipinski definition) is 0. The monoisotopic (exact) mass is 612 g/mol. The molecule has 0 unspecified atom stereocenters. The summed E-state index contributed by atoms with van der Waals surface area (Å²) in [6.45, 7) is 3.67. The molecule has 10 nitrogen and oxygen atoms in total. The molecule has 3 rings (SSSR count). The fourth-order valence-corrected chi connectivity index (χ4v) is 4.92. The van der Waals surface area contributed by atoms with E-state index in [0.29, 0.717) is 32.8 Å². The molecular weight excluding hydrogens is 591 g/mol. The van der Waals surface area contributed by atoms with Gasteiger partial charge in [0.15, 0.2) is 11.5 Å². The van der Waals surface area contributed by atoms with Gasteiger partial charge >= 0.3 is 5.97 Å². The van der Waals surface area contributed by atoms with E-state index in [1.807, 2.05) is 6.92 Å². The van der Waals surface area contributed by atoms with E-state index in [1.165, 1.54) is 26.2 Å². The normalized spacial score (nSPS) is 15.3. The fraction of sp³-hybridized carbons (Fsp3) is 0.261. The average Bonchev–Trinajstić information content (AvgIpc) is 3.10. The van der Waals surface area contributed by atoms with Gasteiger partial charge in [0.05, 0.1) is 27.1 Å². The number of nitro benzene ring substituents is 1. The number of nitro groups is 1. The lowest BCUT2D eigenvalue weighted by atomic mass is 10.1. The van der Waals surface area contributed by atoms with Crippen LogP contribution in [-0.4, -0.2) is 46.7 Å². The Balaban J connectivity index is 1.86. The van der Waals surface area contributed by atoms with E-state index in [9.17, 15) is 24.5 Å². The standard InChI is InChI=1S/C23H21IN2O8S/c1-4-33-18-10-15(11-19-21(27)25(23(29)35-19)13(2)22(28)32-3)9-17(24)20(18)34-12-14-6-5-7-16(8-14)26(30)31/h5-11,13H,4,12H2,1-3H3/b19-11+/t13-/m1/s1. The van der Waals surface area contributed by atoms with Crippen molar-refractivity contribution in [1.82, 2.24) is 4.90 Å². The second-order valence-corrected chi connectivity index (χ2v) is 9.38. The Bertz CT molecular complexity index is 1220.